The summed E-state index contributed by atoms with van der Waals surface area (Å²) in [5.41, 5.74) is 2.38. The molecule has 6 nitrogen and oxygen atoms in total. The number of thiophene rings is 1. The standard InChI is InChI=1S/C17H22N6S/c1-11(2)16-19-17(22-21-16)13-5-3-7-23(13)10-12-9-18-20-15(12)14-6-4-8-24-14/h4,6,8-9,11,13H,3,5,7,10H2,1-2H3,(H,18,20)(H,19,21,22)/t13-/m0/s1. The molecular weight excluding hydrogens is 320 g/mol. The molecule has 1 fully saturated rings. The van der Waals surface area contributed by atoms with Crippen molar-refractivity contribution in [3.63, 3.8) is 0 Å². The van der Waals surface area contributed by atoms with Crippen molar-refractivity contribution in [3.05, 3.63) is 40.9 Å². The Bertz CT molecular complexity index is 788. The summed E-state index contributed by atoms with van der Waals surface area (Å²) >= 11 is 1.74. The molecule has 24 heavy (non-hydrogen) atoms. The van der Waals surface area contributed by atoms with Crippen LogP contribution in [0.4, 0.5) is 0 Å². The summed E-state index contributed by atoms with van der Waals surface area (Å²) in [6.07, 6.45) is 4.26. The molecule has 3 aromatic rings. The highest BCUT2D eigenvalue weighted by Crippen LogP contribution is 2.34. The van der Waals surface area contributed by atoms with Gasteiger partial charge in [-0.05, 0) is 30.8 Å². The van der Waals surface area contributed by atoms with E-state index >= 15 is 0 Å². The maximum Gasteiger partial charge on any atom is 0.153 e. The van der Waals surface area contributed by atoms with Crippen molar-refractivity contribution in [2.75, 3.05) is 6.54 Å². The first kappa shape index (κ1) is 15.5. The third-order valence-electron chi connectivity index (χ3n) is 4.57. The number of likely N-dealkylation sites (tertiary alicyclic amines) is 1. The van der Waals surface area contributed by atoms with Crippen LogP contribution in [0, 0.1) is 0 Å². The van der Waals surface area contributed by atoms with E-state index in [-0.39, 0.29) is 0 Å². The Morgan fingerprint density at radius 2 is 2.29 bits per heavy atom. The third-order valence-corrected chi connectivity index (χ3v) is 5.46. The summed E-state index contributed by atoms with van der Waals surface area (Å²) in [5, 5.41) is 17.0. The fraction of sp³-hybridized carbons (Fsp3) is 0.471. The lowest BCUT2D eigenvalue weighted by Crippen LogP contribution is -2.23. The lowest BCUT2D eigenvalue weighted by atomic mass is 10.1. The highest BCUT2D eigenvalue weighted by Gasteiger charge is 2.30. The van der Waals surface area contributed by atoms with Crippen LogP contribution in [0.3, 0.4) is 0 Å². The van der Waals surface area contributed by atoms with Crippen LogP contribution < -0.4 is 0 Å². The smallest absolute Gasteiger partial charge is 0.153 e. The predicted octanol–water partition coefficient (Wildman–Crippen LogP) is 3.72. The second-order valence-electron chi connectivity index (χ2n) is 6.61. The molecule has 7 heteroatoms. The van der Waals surface area contributed by atoms with E-state index in [1.54, 1.807) is 11.3 Å². The molecule has 1 aliphatic heterocycles. The highest BCUT2D eigenvalue weighted by atomic mass is 32.1. The zero-order chi connectivity index (χ0) is 16.5. The predicted molar refractivity (Wildman–Crippen MR) is 94.8 cm³/mol. The molecule has 1 aliphatic rings. The number of hydrogen-bond acceptors (Lipinski definition) is 5. The van der Waals surface area contributed by atoms with Gasteiger partial charge in [-0.25, -0.2) is 4.98 Å². The molecule has 0 saturated carbocycles. The summed E-state index contributed by atoms with van der Waals surface area (Å²) in [4.78, 5) is 8.43. The van der Waals surface area contributed by atoms with E-state index < -0.39 is 0 Å². The minimum Gasteiger partial charge on any atom is -0.289 e. The highest BCUT2D eigenvalue weighted by molar-refractivity contribution is 7.13. The molecule has 3 aromatic heterocycles. The van der Waals surface area contributed by atoms with E-state index in [2.05, 4.69) is 56.7 Å². The number of aromatic amines is 2. The molecule has 4 rings (SSSR count). The Kier molecular flexibility index (Phi) is 4.20. The van der Waals surface area contributed by atoms with Crippen molar-refractivity contribution in [3.8, 4) is 10.6 Å². The zero-order valence-electron chi connectivity index (χ0n) is 14.0. The summed E-state index contributed by atoms with van der Waals surface area (Å²) in [6, 6.07) is 4.52. The fourth-order valence-corrected chi connectivity index (χ4v) is 4.06. The van der Waals surface area contributed by atoms with Crippen LogP contribution in [-0.4, -0.2) is 36.8 Å². The van der Waals surface area contributed by atoms with Gasteiger partial charge in [0.15, 0.2) is 5.82 Å². The Morgan fingerprint density at radius 1 is 1.38 bits per heavy atom. The molecule has 0 aliphatic carbocycles. The summed E-state index contributed by atoms with van der Waals surface area (Å²) in [5.74, 6) is 2.25. The van der Waals surface area contributed by atoms with Gasteiger partial charge in [-0.2, -0.15) is 10.2 Å². The Balaban J connectivity index is 1.55. The molecule has 2 N–H and O–H groups in total. The van der Waals surface area contributed by atoms with Gasteiger partial charge in [-0.3, -0.25) is 15.1 Å². The van der Waals surface area contributed by atoms with E-state index in [4.69, 9.17) is 4.98 Å². The van der Waals surface area contributed by atoms with Crippen molar-refractivity contribution in [2.45, 2.75) is 45.2 Å². The van der Waals surface area contributed by atoms with Crippen molar-refractivity contribution in [2.24, 2.45) is 0 Å². The molecule has 0 radical (unpaired) electrons. The van der Waals surface area contributed by atoms with Gasteiger partial charge in [0.25, 0.3) is 0 Å². The van der Waals surface area contributed by atoms with Crippen LogP contribution in [-0.2, 0) is 6.54 Å². The summed E-state index contributed by atoms with van der Waals surface area (Å²) in [6.45, 7) is 6.21. The van der Waals surface area contributed by atoms with Crippen molar-refractivity contribution >= 4 is 11.3 Å². The molecule has 0 amide bonds. The zero-order valence-corrected chi connectivity index (χ0v) is 14.8. The third kappa shape index (κ3) is 2.89. The van der Waals surface area contributed by atoms with Crippen molar-refractivity contribution < 1.29 is 0 Å². The number of nitrogens with one attached hydrogen (secondary N) is 2. The topological polar surface area (TPSA) is 73.5 Å². The maximum atomic E-state index is 4.71. The first-order valence-electron chi connectivity index (χ1n) is 8.44. The number of H-pyrrole nitrogens is 2. The van der Waals surface area contributed by atoms with E-state index in [9.17, 15) is 0 Å². The lowest BCUT2D eigenvalue weighted by molar-refractivity contribution is 0.240. The van der Waals surface area contributed by atoms with Gasteiger partial charge in [0.1, 0.15) is 5.82 Å². The molecule has 0 aromatic carbocycles. The van der Waals surface area contributed by atoms with E-state index in [0.717, 1.165) is 36.9 Å². The van der Waals surface area contributed by atoms with Crippen molar-refractivity contribution in [1.29, 1.82) is 0 Å². The first-order valence-corrected chi connectivity index (χ1v) is 9.32. The number of rotatable bonds is 5. The Hall–Kier alpha value is -1.99. The van der Waals surface area contributed by atoms with Gasteiger partial charge in [0, 0.05) is 18.0 Å². The normalized spacial score (nSPS) is 18.7. The van der Waals surface area contributed by atoms with Gasteiger partial charge in [0.05, 0.1) is 22.8 Å². The molecule has 1 saturated heterocycles. The SMILES string of the molecule is CC(C)c1n[nH]c([C@@H]2CCCN2Cc2cn[nH]c2-c2cccs2)n1. The monoisotopic (exact) mass is 342 g/mol. The van der Waals surface area contributed by atoms with Crippen LogP contribution >= 0.6 is 11.3 Å². The minimum atomic E-state index is 0.316. The molecular formula is C17H22N6S. The van der Waals surface area contributed by atoms with Gasteiger partial charge >= 0.3 is 0 Å². The van der Waals surface area contributed by atoms with E-state index in [1.165, 1.54) is 16.9 Å². The Labute approximate surface area is 145 Å². The second-order valence-corrected chi connectivity index (χ2v) is 7.56. The molecule has 4 heterocycles. The largest absolute Gasteiger partial charge is 0.289 e. The fourth-order valence-electron chi connectivity index (χ4n) is 3.30. The van der Waals surface area contributed by atoms with E-state index in [1.807, 2.05) is 6.20 Å². The number of hydrogen-bond donors (Lipinski definition) is 2. The average Bonchev–Trinajstić information content (AvgIpc) is 3.35. The molecule has 0 bridgehead atoms. The van der Waals surface area contributed by atoms with E-state index in [0.29, 0.717) is 12.0 Å². The van der Waals surface area contributed by atoms with Gasteiger partial charge < -0.3 is 0 Å². The van der Waals surface area contributed by atoms with Crippen LogP contribution in [0.2, 0.25) is 0 Å². The summed E-state index contributed by atoms with van der Waals surface area (Å²) in [7, 11) is 0. The summed E-state index contributed by atoms with van der Waals surface area (Å²) < 4.78 is 0. The second kappa shape index (κ2) is 6.49. The van der Waals surface area contributed by atoms with Gasteiger partial charge in [-0.15, -0.1) is 11.3 Å². The van der Waals surface area contributed by atoms with Crippen LogP contribution in [0.5, 0.6) is 0 Å². The average molecular weight is 342 g/mol. The first-order chi connectivity index (χ1) is 11.7. The Morgan fingerprint density at radius 3 is 3.04 bits per heavy atom. The van der Waals surface area contributed by atoms with Crippen LogP contribution in [0.1, 0.15) is 55.9 Å². The maximum absolute atomic E-state index is 4.71. The van der Waals surface area contributed by atoms with Crippen molar-refractivity contribution in [1.82, 2.24) is 30.3 Å². The van der Waals surface area contributed by atoms with Gasteiger partial charge in [0.2, 0.25) is 0 Å². The minimum absolute atomic E-state index is 0.316. The number of aromatic nitrogens is 5. The molecule has 1 atom stereocenters. The molecule has 0 unspecified atom stereocenters. The quantitative estimate of drug-likeness (QED) is 0.741. The van der Waals surface area contributed by atoms with Crippen LogP contribution in [0.25, 0.3) is 10.6 Å². The molecule has 0 spiro atoms. The molecule has 126 valence electrons. The lowest BCUT2D eigenvalue weighted by Gasteiger charge is -2.22. The number of nitrogens with zero attached hydrogens (tertiary/aromatic N) is 4. The van der Waals surface area contributed by atoms with Crippen LogP contribution in [0.15, 0.2) is 23.7 Å². The van der Waals surface area contributed by atoms with Gasteiger partial charge in [-0.1, -0.05) is 19.9 Å².